The highest BCUT2D eigenvalue weighted by Crippen LogP contribution is 2.39. The number of carbonyl (C=O) groups is 1. The Hall–Kier alpha value is -4.65. The molecule has 0 aliphatic rings. The van der Waals surface area contributed by atoms with Crippen molar-refractivity contribution in [2.45, 2.75) is 13.0 Å². The number of ether oxygens (including phenoxy) is 1. The monoisotopic (exact) mass is 465 g/mol. The van der Waals surface area contributed by atoms with Gasteiger partial charge in [0.2, 0.25) is 5.89 Å². The van der Waals surface area contributed by atoms with Crippen LogP contribution in [0.5, 0.6) is 5.75 Å². The minimum atomic E-state index is -1.03. The summed E-state index contributed by atoms with van der Waals surface area (Å²) in [4.78, 5) is 16.1. The fourth-order valence-electron chi connectivity index (χ4n) is 3.84. The van der Waals surface area contributed by atoms with Crippen LogP contribution in [0.4, 0.5) is 0 Å². The van der Waals surface area contributed by atoms with Crippen LogP contribution < -0.4 is 4.74 Å². The molecule has 0 saturated carbocycles. The third kappa shape index (κ3) is 4.56. The van der Waals surface area contributed by atoms with Crippen LogP contribution in [-0.4, -0.2) is 31.9 Å². The van der Waals surface area contributed by atoms with Crippen LogP contribution in [0.2, 0.25) is 0 Å². The second kappa shape index (κ2) is 9.30. The Kier molecular flexibility index (Phi) is 5.89. The molecule has 0 amide bonds. The molecule has 0 fully saturated rings. The second-order valence-electron chi connectivity index (χ2n) is 8.12. The lowest BCUT2D eigenvalue weighted by molar-refractivity contribution is -0.144. The highest BCUT2D eigenvalue weighted by atomic mass is 16.5. The van der Waals surface area contributed by atoms with E-state index in [-0.39, 0.29) is 0 Å². The van der Waals surface area contributed by atoms with Crippen LogP contribution in [-0.2, 0) is 11.8 Å². The first-order valence-corrected chi connectivity index (χ1v) is 11.1. The van der Waals surface area contributed by atoms with E-state index < -0.39 is 12.1 Å². The molecule has 3 aromatic carbocycles. The van der Waals surface area contributed by atoms with E-state index in [0.717, 1.165) is 27.9 Å². The van der Waals surface area contributed by atoms with Gasteiger partial charge in [-0.05, 0) is 19.1 Å². The van der Waals surface area contributed by atoms with E-state index in [0.29, 0.717) is 23.1 Å². The van der Waals surface area contributed by atoms with Crippen LogP contribution in [0, 0.1) is 0 Å². The van der Waals surface area contributed by atoms with Crippen LogP contribution in [0.3, 0.4) is 0 Å². The molecule has 35 heavy (non-hydrogen) atoms. The highest BCUT2D eigenvalue weighted by Gasteiger charge is 2.23. The maximum absolute atomic E-state index is 11.2. The lowest BCUT2D eigenvalue weighted by Gasteiger charge is -2.11. The number of benzene rings is 3. The second-order valence-corrected chi connectivity index (χ2v) is 8.12. The highest BCUT2D eigenvalue weighted by molar-refractivity contribution is 5.83. The zero-order valence-electron chi connectivity index (χ0n) is 19.3. The van der Waals surface area contributed by atoms with Gasteiger partial charge in [0.05, 0.1) is 5.56 Å². The quantitative estimate of drug-likeness (QED) is 0.320. The van der Waals surface area contributed by atoms with Gasteiger partial charge in [-0.1, -0.05) is 72.8 Å². The normalized spacial score (nSPS) is 11.8. The number of aliphatic carboxylic acids is 1. The summed E-state index contributed by atoms with van der Waals surface area (Å²) in [5.74, 6) is 0.525. The van der Waals surface area contributed by atoms with Gasteiger partial charge in [0.1, 0.15) is 17.1 Å². The van der Waals surface area contributed by atoms with E-state index in [1.54, 1.807) is 22.9 Å². The largest absolute Gasteiger partial charge is 0.479 e. The predicted molar refractivity (Wildman–Crippen MR) is 133 cm³/mol. The summed E-state index contributed by atoms with van der Waals surface area (Å²) in [6, 6.07) is 27.0. The first-order chi connectivity index (χ1) is 17.0. The van der Waals surface area contributed by atoms with Crippen molar-refractivity contribution < 1.29 is 19.1 Å². The van der Waals surface area contributed by atoms with Crippen molar-refractivity contribution in [2.75, 3.05) is 0 Å². The van der Waals surface area contributed by atoms with E-state index in [1.165, 1.54) is 6.92 Å². The van der Waals surface area contributed by atoms with Gasteiger partial charge in [-0.15, -0.1) is 0 Å². The van der Waals surface area contributed by atoms with Crippen molar-refractivity contribution in [3.8, 4) is 51.0 Å². The Balaban J connectivity index is 1.61. The Morgan fingerprint density at radius 3 is 2.26 bits per heavy atom. The van der Waals surface area contributed by atoms with Crippen LogP contribution in [0.15, 0.2) is 95.5 Å². The minimum Gasteiger partial charge on any atom is -0.479 e. The summed E-state index contributed by atoms with van der Waals surface area (Å²) in [6.45, 7) is 1.49. The van der Waals surface area contributed by atoms with Crippen molar-refractivity contribution in [2.24, 2.45) is 7.05 Å². The summed E-state index contributed by atoms with van der Waals surface area (Å²) in [6.07, 6.45) is 0.889. The maximum Gasteiger partial charge on any atom is 0.344 e. The molecule has 1 N–H and O–H groups in total. The third-order valence-corrected chi connectivity index (χ3v) is 5.54. The van der Waals surface area contributed by atoms with Gasteiger partial charge in [-0.2, -0.15) is 5.10 Å². The molecule has 1 atom stereocenters. The molecule has 2 aromatic heterocycles. The third-order valence-electron chi connectivity index (χ3n) is 5.54. The number of rotatable bonds is 7. The number of carboxylic acids is 1. The summed E-state index contributed by atoms with van der Waals surface area (Å²) in [7, 11) is 1.83. The van der Waals surface area contributed by atoms with E-state index in [2.05, 4.69) is 5.10 Å². The topological polar surface area (TPSA) is 90.4 Å². The lowest BCUT2D eigenvalue weighted by atomic mass is 10.1. The van der Waals surface area contributed by atoms with Crippen molar-refractivity contribution >= 4 is 5.97 Å². The number of carboxylic acid groups (broad SMARTS) is 1. The number of hydrogen-bond acceptors (Lipinski definition) is 5. The Labute approximate surface area is 202 Å². The van der Waals surface area contributed by atoms with Gasteiger partial charge in [-0.3, -0.25) is 4.68 Å². The van der Waals surface area contributed by atoms with E-state index >= 15 is 0 Å². The van der Waals surface area contributed by atoms with Crippen molar-refractivity contribution in [3.63, 3.8) is 0 Å². The average molecular weight is 466 g/mol. The van der Waals surface area contributed by atoms with Gasteiger partial charge >= 0.3 is 5.97 Å². The van der Waals surface area contributed by atoms with Gasteiger partial charge in [0.15, 0.2) is 11.9 Å². The Bertz CT molecular complexity index is 1420. The lowest BCUT2D eigenvalue weighted by Crippen LogP contribution is -2.22. The number of aromatic nitrogens is 3. The van der Waals surface area contributed by atoms with Gasteiger partial charge < -0.3 is 14.3 Å². The molecule has 0 spiro atoms. The van der Waals surface area contributed by atoms with E-state index in [4.69, 9.17) is 14.1 Å². The fraction of sp³-hybridized carbons (Fsp3) is 0.107. The SMILES string of the molecule is CC(Oc1cccc(-c2nn(C)cc2-c2nc(-c3ccccc3)c(-c3ccccc3)o2)c1)C(=O)O. The van der Waals surface area contributed by atoms with Crippen molar-refractivity contribution in [1.29, 1.82) is 0 Å². The van der Waals surface area contributed by atoms with Crippen molar-refractivity contribution in [3.05, 3.63) is 91.1 Å². The van der Waals surface area contributed by atoms with Crippen LogP contribution in [0.1, 0.15) is 6.92 Å². The number of aryl methyl sites for hydroxylation is 1. The van der Waals surface area contributed by atoms with Crippen molar-refractivity contribution in [1.82, 2.24) is 14.8 Å². The van der Waals surface area contributed by atoms with Crippen LogP contribution in [0.25, 0.3) is 45.3 Å². The molecule has 2 heterocycles. The van der Waals surface area contributed by atoms with Gasteiger partial charge in [-0.25, -0.2) is 9.78 Å². The molecule has 0 radical (unpaired) electrons. The molecule has 0 aliphatic heterocycles. The standard InChI is InChI=1S/C28H23N3O4/c1-18(28(32)33)34-22-15-9-14-21(16-22)24-23(17-31(2)30-24)27-29-25(19-10-5-3-6-11-19)26(35-27)20-12-7-4-8-13-20/h3-18H,1-2H3,(H,32,33). The molecule has 0 aliphatic carbocycles. The molecule has 7 heteroatoms. The zero-order chi connectivity index (χ0) is 24.4. The minimum absolute atomic E-state index is 0.441. The Morgan fingerprint density at radius 2 is 1.57 bits per heavy atom. The smallest absolute Gasteiger partial charge is 0.344 e. The summed E-state index contributed by atoms with van der Waals surface area (Å²) in [5.41, 5.74) is 4.75. The van der Waals surface area contributed by atoms with Crippen LogP contribution >= 0.6 is 0 Å². The van der Waals surface area contributed by atoms with Gasteiger partial charge in [0, 0.05) is 29.9 Å². The molecule has 0 saturated heterocycles. The number of hydrogen-bond donors (Lipinski definition) is 1. The average Bonchev–Trinajstić information content (AvgIpc) is 3.49. The number of oxazole rings is 1. The molecule has 0 bridgehead atoms. The zero-order valence-corrected chi connectivity index (χ0v) is 19.3. The predicted octanol–water partition coefficient (Wildman–Crippen LogP) is 5.93. The summed E-state index contributed by atoms with van der Waals surface area (Å²) in [5, 5.41) is 13.8. The molecule has 5 aromatic rings. The van der Waals surface area contributed by atoms with E-state index in [1.807, 2.05) is 80.0 Å². The Morgan fingerprint density at radius 1 is 0.914 bits per heavy atom. The van der Waals surface area contributed by atoms with Gasteiger partial charge in [0.25, 0.3) is 0 Å². The maximum atomic E-state index is 11.2. The fourth-order valence-corrected chi connectivity index (χ4v) is 3.84. The first-order valence-electron chi connectivity index (χ1n) is 11.1. The molecule has 1 unspecified atom stereocenters. The molecular weight excluding hydrogens is 442 g/mol. The molecular formula is C28H23N3O4. The first kappa shape index (κ1) is 22.2. The van der Waals surface area contributed by atoms with E-state index in [9.17, 15) is 9.90 Å². The molecule has 7 nitrogen and oxygen atoms in total. The summed E-state index contributed by atoms with van der Waals surface area (Å²) >= 11 is 0. The molecule has 5 rings (SSSR count). The summed E-state index contributed by atoms with van der Waals surface area (Å²) < 4.78 is 13.6. The molecule has 174 valence electrons. The number of nitrogens with zero attached hydrogens (tertiary/aromatic N) is 3.